The summed E-state index contributed by atoms with van der Waals surface area (Å²) in [5, 5.41) is 11.9. The lowest BCUT2D eigenvalue weighted by Gasteiger charge is -2.31. The first-order valence-corrected chi connectivity index (χ1v) is 12.8. The standard InChI is InChI=1S/C24H25N3O2S2/c1-17-7-8-19(13-18(17)2)14-21-16-30-24(26-21)27-11-9-22(10-12-27)31(28,29)23-6-4-3-5-20(23)15-25/h3-8,13,16,22H,9-12,14H2,1-2H3. The number of aryl methyl sites for hydroxylation is 2. The molecule has 1 fully saturated rings. The van der Waals surface area contributed by atoms with E-state index in [9.17, 15) is 13.7 Å². The fourth-order valence-electron chi connectivity index (χ4n) is 3.99. The maximum Gasteiger partial charge on any atom is 0.185 e. The van der Waals surface area contributed by atoms with Gasteiger partial charge in [-0.15, -0.1) is 11.3 Å². The third-order valence-corrected chi connectivity index (χ3v) is 9.23. The van der Waals surface area contributed by atoms with E-state index in [2.05, 4.69) is 42.3 Å². The van der Waals surface area contributed by atoms with Gasteiger partial charge in [0.15, 0.2) is 15.0 Å². The van der Waals surface area contributed by atoms with Crippen LogP contribution < -0.4 is 4.90 Å². The lowest BCUT2D eigenvalue weighted by atomic mass is 10.0. The van der Waals surface area contributed by atoms with E-state index < -0.39 is 15.1 Å². The number of anilines is 1. The predicted molar refractivity (Wildman–Crippen MR) is 124 cm³/mol. The van der Waals surface area contributed by atoms with Gasteiger partial charge in [-0.1, -0.05) is 30.3 Å². The van der Waals surface area contributed by atoms with Crippen LogP contribution in [0.1, 0.15) is 40.8 Å². The summed E-state index contributed by atoms with van der Waals surface area (Å²) in [5.74, 6) is 0. The molecule has 2 heterocycles. The SMILES string of the molecule is Cc1ccc(Cc2csc(N3CCC(S(=O)(=O)c4ccccc4C#N)CC3)n2)cc1C. The largest absolute Gasteiger partial charge is 0.348 e. The number of nitriles is 1. The van der Waals surface area contributed by atoms with Crippen molar-refractivity contribution in [2.75, 3.05) is 18.0 Å². The van der Waals surface area contributed by atoms with Crippen LogP contribution in [0.3, 0.4) is 0 Å². The molecule has 0 aliphatic carbocycles. The van der Waals surface area contributed by atoms with Gasteiger partial charge in [0.1, 0.15) is 6.07 Å². The molecule has 0 radical (unpaired) electrons. The Hall–Kier alpha value is -2.69. The molecule has 0 spiro atoms. The second-order valence-corrected chi connectivity index (χ2v) is 11.1. The molecule has 0 atom stereocenters. The number of piperidine rings is 1. The normalized spacial score (nSPS) is 15.1. The van der Waals surface area contributed by atoms with Crippen molar-refractivity contribution in [3.05, 3.63) is 75.8 Å². The molecule has 1 aliphatic heterocycles. The molecule has 1 saturated heterocycles. The third-order valence-electron chi connectivity index (χ3n) is 5.96. The van der Waals surface area contributed by atoms with E-state index in [1.54, 1.807) is 35.6 Å². The molecule has 0 amide bonds. The van der Waals surface area contributed by atoms with E-state index in [-0.39, 0.29) is 10.5 Å². The molecule has 0 unspecified atom stereocenters. The zero-order chi connectivity index (χ0) is 22.0. The lowest BCUT2D eigenvalue weighted by Crippen LogP contribution is -2.39. The Bertz CT molecular complexity index is 1230. The van der Waals surface area contributed by atoms with Gasteiger partial charge < -0.3 is 4.90 Å². The van der Waals surface area contributed by atoms with Gasteiger partial charge in [-0.3, -0.25) is 0 Å². The zero-order valence-corrected chi connectivity index (χ0v) is 19.3. The van der Waals surface area contributed by atoms with Gasteiger partial charge in [0.25, 0.3) is 0 Å². The minimum absolute atomic E-state index is 0.154. The Morgan fingerprint density at radius 2 is 1.87 bits per heavy atom. The number of sulfone groups is 1. The van der Waals surface area contributed by atoms with Crippen LogP contribution in [-0.4, -0.2) is 31.7 Å². The van der Waals surface area contributed by atoms with Crippen molar-refractivity contribution >= 4 is 26.3 Å². The molecule has 3 aromatic rings. The number of aromatic nitrogens is 1. The summed E-state index contributed by atoms with van der Waals surface area (Å²) >= 11 is 1.62. The van der Waals surface area contributed by atoms with Crippen LogP contribution in [0, 0.1) is 25.2 Å². The summed E-state index contributed by atoms with van der Waals surface area (Å²) in [7, 11) is -3.52. The number of thiazole rings is 1. The van der Waals surface area contributed by atoms with Gasteiger partial charge in [-0.25, -0.2) is 13.4 Å². The molecule has 4 rings (SSSR count). The molecular weight excluding hydrogens is 426 g/mol. The second kappa shape index (κ2) is 8.81. The molecule has 2 aromatic carbocycles. The summed E-state index contributed by atoms with van der Waals surface area (Å²) in [6, 6.07) is 15.0. The first-order valence-electron chi connectivity index (χ1n) is 10.4. The molecule has 160 valence electrons. The smallest absolute Gasteiger partial charge is 0.185 e. The van der Waals surface area contributed by atoms with Crippen LogP contribution in [0.15, 0.2) is 52.7 Å². The first kappa shape index (κ1) is 21.5. The summed E-state index contributed by atoms with van der Waals surface area (Å²) in [6.45, 7) is 5.53. The van der Waals surface area contributed by atoms with E-state index in [1.165, 1.54) is 16.7 Å². The predicted octanol–water partition coefficient (Wildman–Crippen LogP) is 4.67. The van der Waals surface area contributed by atoms with Crippen molar-refractivity contribution in [2.45, 2.75) is 43.3 Å². The van der Waals surface area contributed by atoms with Crippen LogP contribution in [0.5, 0.6) is 0 Å². The van der Waals surface area contributed by atoms with Crippen LogP contribution in [-0.2, 0) is 16.3 Å². The lowest BCUT2D eigenvalue weighted by molar-refractivity contribution is 0.529. The Balaban J connectivity index is 1.42. The van der Waals surface area contributed by atoms with Crippen molar-refractivity contribution in [2.24, 2.45) is 0 Å². The number of hydrogen-bond acceptors (Lipinski definition) is 6. The first-order chi connectivity index (χ1) is 14.9. The molecule has 1 aromatic heterocycles. The van der Waals surface area contributed by atoms with E-state index in [0.717, 1.165) is 17.2 Å². The number of rotatable bonds is 5. The summed E-state index contributed by atoms with van der Waals surface area (Å²) in [4.78, 5) is 7.14. The van der Waals surface area contributed by atoms with E-state index in [1.807, 2.05) is 6.07 Å². The summed E-state index contributed by atoms with van der Waals surface area (Å²) in [5.41, 5.74) is 5.09. The van der Waals surface area contributed by atoms with Crippen LogP contribution in [0.4, 0.5) is 5.13 Å². The maximum atomic E-state index is 13.1. The Labute approximate surface area is 187 Å². The zero-order valence-electron chi connectivity index (χ0n) is 17.7. The molecule has 0 bridgehead atoms. The number of benzene rings is 2. The number of hydrogen-bond donors (Lipinski definition) is 0. The Morgan fingerprint density at radius 3 is 2.58 bits per heavy atom. The van der Waals surface area contributed by atoms with E-state index >= 15 is 0 Å². The van der Waals surface area contributed by atoms with Gasteiger partial charge in [-0.05, 0) is 55.5 Å². The fraction of sp³-hybridized carbons (Fsp3) is 0.333. The van der Waals surface area contributed by atoms with E-state index in [4.69, 9.17) is 4.98 Å². The van der Waals surface area contributed by atoms with Gasteiger partial charge in [0, 0.05) is 24.9 Å². The Kier molecular flexibility index (Phi) is 6.12. The molecule has 31 heavy (non-hydrogen) atoms. The minimum atomic E-state index is -3.52. The Morgan fingerprint density at radius 1 is 1.13 bits per heavy atom. The van der Waals surface area contributed by atoms with Crippen molar-refractivity contribution in [3.8, 4) is 6.07 Å². The topological polar surface area (TPSA) is 74.1 Å². The summed E-state index contributed by atoms with van der Waals surface area (Å²) < 4.78 is 26.2. The van der Waals surface area contributed by atoms with Gasteiger partial charge in [0.2, 0.25) is 0 Å². The molecule has 5 nitrogen and oxygen atoms in total. The molecule has 0 N–H and O–H groups in total. The average molecular weight is 452 g/mol. The van der Waals surface area contributed by atoms with E-state index in [0.29, 0.717) is 25.9 Å². The monoisotopic (exact) mass is 451 g/mol. The minimum Gasteiger partial charge on any atom is -0.348 e. The highest BCUT2D eigenvalue weighted by Gasteiger charge is 2.33. The van der Waals surface area contributed by atoms with Gasteiger partial charge >= 0.3 is 0 Å². The average Bonchev–Trinajstić information content (AvgIpc) is 3.25. The van der Waals surface area contributed by atoms with Gasteiger partial charge in [-0.2, -0.15) is 5.26 Å². The molecule has 0 saturated carbocycles. The van der Waals surface area contributed by atoms with Crippen molar-refractivity contribution < 1.29 is 8.42 Å². The molecule has 1 aliphatic rings. The fourth-order valence-corrected chi connectivity index (χ4v) is 6.75. The van der Waals surface area contributed by atoms with Crippen molar-refractivity contribution in [1.29, 1.82) is 5.26 Å². The highest BCUT2D eigenvalue weighted by Crippen LogP contribution is 2.30. The molecule has 7 heteroatoms. The van der Waals surface area contributed by atoms with Gasteiger partial charge in [0.05, 0.1) is 21.4 Å². The van der Waals surface area contributed by atoms with Crippen molar-refractivity contribution in [3.63, 3.8) is 0 Å². The van der Waals surface area contributed by atoms with Crippen LogP contribution in [0.2, 0.25) is 0 Å². The van der Waals surface area contributed by atoms with Crippen LogP contribution >= 0.6 is 11.3 Å². The highest BCUT2D eigenvalue weighted by molar-refractivity contribution is 7.92. The third kappa shape index (κ3) is 4.51. The number of nitrogens with zero attached hydrogens (tertiary/aromatic N) is 3. The summed E-state index contributed by atoms with van der Waals surface area (Å²) in [6.07, 6.45) is 1.87. The van der Waals surface area contributed by atoms with Crippen molar-refractivity contribution in [1.82, 2.24) is 4.98 Å². The van der Waals surface area contributed by atoms with Crippen LogP contribution in [0.25, 0.3) is 0 Å². The highest BCUT2D eigenvalue weighted by atomic mass is 32.2. The second-order valence-electron chi connectivity index (χ2n) is 8.06. The quantitative estimate of drug-likeness (QED) is 0.564. The maximum absolute atomic E-state index is 13.1. The molecular formula is C24H25N3O2S2.